The number of allylic oxidation sites excluding steroid dienone is 1. The van der Waals surface area contributed by atoms with Crippen LogP contribution in [0.4, 0.5) is 0 Å². The molecule has 1 fully saturated rings. The average Bonchev–Trinajstić information content (AvgIpc) is 3.30. The van der Waals surface area contributed by atoms with Crippen LogP contribution in [0.1, 0.15) is 36.5 Å². The Balaban J connectivity index is 1.31. The number of carbonyl (C=O) groups excluding carboxylic acids is 1. The van der Waals surface area contributed by atoms with Crippen molar-refractivity contribution < 1.29 is 9.53 Å². The van der Waals surface area contributed by atoms with Gasteiger partial charge in [0.15, 0.2) is 5.17 Å². The lowest BCUT2D eigenvalue weighted by Crippen LogP contribution is -2.44. The van der Waals surface area contributed by atoms with Crippen molar-refractivity contribution in [2.24, 2.45) is 4.99 Å². The lowest BCUT2D eigenvalue weighted by atomic mass is 9.85. The number of aromatic nitrogens is 1. The SMILES string of the molecule is CC(=C1SC(N2CCC3(CC2)OCc2ccncc23)=NC1=O)c1ccc(Cl)cc1. The summed E-state index contributed by atoms with van der Waals surface area (Å²) in [4.78, 5) is 24.1. The van der Waals surface area contributed by atoms with Gasteiger partial charge in [-0.3, -0.25) is 9.78 Å². The van der Waals surface area contributed by atoms with E-state index in [1.54, 1.807) is 0 Å². The molecule has 4 heterocycles. The molecule has 0 N–H and O–H groups in total. The first-order valence-corrected chi connectivity index (χ1v) is 10.9. The first-order valence-electron chi connectivity index (χ1n) is 9.66. The molecule has 3 aliphatic rings. The summed E-state index contributed by atoms with van der Waals surface area (Å²) in [6.07, 6.45) is 5.51. The lowest BCUT2D eigenvalue weighted by molar-refractivity contribution is -0.113. The molecule has 3 aliphatic heterocycles. The first-order chi connectivity index (χ1) is 14.1. The molecule has 1 saturated heterocycles. The fourth-order valence-electron chi connectivity index (χ4n) is 4.22. The minimum absolute atomic E-state index is 0.163. The maximum atomic E-state index is 12.6. The third-order valence-electron chi connectivity index (χ3n) is 5.95. The summed E-state index contributed by atoms with van der Waals surface area (Å²) in [5.41, 5.74) is 4.13. The summed E-state index contributed by atoms with van der Waals surface area (Å²) >= 11 is 7.45. The van der Waals surface area contributed by atoms with Crippen LogP contribution in [0.25, 0.3) is 5.57 Å². The normalized spacial score (nSPS) is 22.1. The number of thioether (sulfide) groups is 1. The number of hydrogen-bond donors (Lipinski definition) is 0. The van der Waals surface area contributed by atoms with E-state index in [9.17, 15) is 4.79 Å². The van der Waals surface area contributed by atoms with Crippen molar-refractivity contribution in [1.29, 1.82) is 0 Å². The molecule has 148 valence electrons. The predicted octanol–water partition coefficient (Wildman–Crippen LogP) is 4.62. The van der Waals surface area contributed by atoms with Crippen molar-refractivity contribution in [3.8, 4) is 0 Å². The Kier molecular flexibility index (Phi) is 4.73. The van der Waals surface area contributed by atoms with E-state index in [4.69, 9.17) is 16.3 Å². The highest BCUT2D eigenvalue weighted by molar-refractivity contribution is 8.18. The van der Waals surface area contributed by atoms with E-state index in [-0.39, 0.29) is 11.5 Å². The molecular weight excluding hydrogens is 406 g/mol. The van der Waals surface area contributed by atoms with Crippen molar-refractivity contribution >= 4 is 40.0 Å². The van der Waals surface area contributed by atoms with Gasteiger partial charge in [0.2, 0.25) is 0 Å². The summed E-state index contributed by atoms with van der Waals surface area (Å²) in [6, 6.07) is 9.59. The molecule has 0 aliphatic carbocycles. The Labute approximate surface area is 178 Å². The molecule has 0 bridgehead atoms. The average molecular weight is 426 g/mol. The number of aliphatic imine (C=N–C) groups is 1. The molecule has 1 aromatic heterocycles. The van der Waals surface area contributed by atoms with E-state index in [0.29, 0.717) is 16.5 Å². The summed E-state index contributed by atoms with van der Waals surface area (Å²) < 4.78 is 6.21. The van der Waals surface area contributed by atoms with Crippen molar-refractivity contribution in [2.75, 3.05) is 13.1 Å². The number of halogens is 1. The minimum Gasteiger partial charge on any atom is -0.365 e. The van der Waals surface area contributed by atoms with Gasteiger partial charge in [-0.1, -0.05) is 23.7 Å². The summed E-state index contributed by atoms with van der Waals surface area (Å²) in [6.45, 7) is 4.23. The van der Waals surface area contributed by atoms with E-state index >= 15 is 0 Å². The molecule has 5 rings (SSSR count). The second kappa shape index (κ2) is 7.27. The molecule has 0 atom stereocenters. The number of ether oxygens (including phenoxy) is 1. The van der Waals surface area contributed by atoms with Gasteiger partial charge in [0.1, 0.15) is 0 Å². The molecule has 0 saturated carbocycles. The van der Waals surface area contributed by atoms with Gasteiger partial charge >= 0.3 is 0 Å². The van der Waals surface area contributed by atoms with Crippen molar-refractivity contribution in [3.05, 3.63) is 69.3 Å². The number of piperidine rings is 1. The van der Waals surface area contributed by atoms with Gasteiger partial charge < -0.3 is 9.64 Å². The second-order valence-corrected chi connectivity index (χ2v) is 8.98. The van der Waals surface area contributed by atoms with Gasteiger partial charge in [0.25, 0.3) is 5.91 Å². The van der Waals surface area contributed by atoms with E-state index < -0.39 is 0 Å². The lowest BCUT2D eigenvalue weighted by Gasteiger charge is -2.39. The second-order valence-electron chi connectivity index (χ2n) is 7.57. The van der Waals surface area contributed by atoms with Crippen molar-refractivity contribution in [2.45, 2.75) is 32.0 Å². The first kappa shape index (κ1) is 18.9. The van der Waals surface area contributed by atoms with Gasteiger partial charge in [0.05, 0.1) is 17.1 Å². The zero-order valence-corrected chi connectivity index (χ0v) is 17.6. The smallest absolute Gasteiger partial charge is 0.286 e. The molecule has 7 heteroatoms. The van der Waals surface area contributed by atoms with Crippen molar-refractivity contribution in [3.63, 3.8) is 0 Å². The fraction of sp³-hybridized carbons (Fsp3) is 0.318. The number of amides is 1. The number of amidine groups is 1. The predicted molar refractivity (Wildman–Crippen MR) is 116 cm³/mol. The van der Waals surface area contributed by atoms with Crippen LogP contribution in [0, 0.1) is 0 Å². The third-order valence-corrected chi connectivity index (χ3v) is 7.42. The van der Waals surface area contributed by atoms with Crippen LogP contribution in [-0.2, 0) is 21.7 Å². The molecule has 0 unspecified atom stereocenters. The molecule has 1 amide bonds. The largest absolute Gasteiger partial charge is 0.365 e. The third kappa shape index (κ3) is 3.29. The Bertz CT molecular complexity index is 1040. The fourth-order valence-corrected chi connectivity index (χ4v) is 5.38. The molecule has 5 nitrogen and oxygen atoms in total. The van der Waals surface area contributed by atoms with Crippen LogP contribution in [0.15, 0.2) is 52.6 Å². The van der Waals surface area contributed by atoms with Crippen LogP contribution in [0.3, 0.4) is 0 Å². The number of rotatable bonds is 1. The zero-order chi connectivity index (χ0) is 20.0. The van der Waals surface area contributed by atoms with Gasteiger partial charge in [-0.25, -0.2) is 0 Å². The van der Waals surface area contributed by atoms with Crippen LogP contribution >= 0.6 is 23.4 Å². The van der Waals surface area contributed by atoms with Gasteiger partial charge in [-0.05, 0) is 66.4 Å². The monoisotopic (exact) mass is 425 g/mol. The number of hydrogen-bond acceptors (Lipinski definition) is 5. The van der Waals surface area contributed by atoms with Crippen LogP contribution in [0.2, 0.25) is 5.02 Å². The Morgan fingerprint density at radius 3 is 2.72 bits per heavy atom. The summed E-state index contributed by atoms with van der Waals surface area (Å²) in [5, 5.41) is 1.47. The van der Waals surface area contributed by atoms with Gasteiger partial charge in [-0.15, -0.1) is 0 Å². The highest BCUT2D eigenvalue weighted by atomic mass is 35.5. The molecule has 29 heavy (non-hydrogen) atoms. The number of likely N-dealkylation sites (tertiary alicyclic amines) is 1. The topological polar surface area (TPSA) is 54.8 Å². The zero-order valence-electron chi connectivity index (χ0n) is 16.0. The van der Waals surface area contributed by atoms with Gasteiger partial charge in [0, 0.05) is 36.1 Å². The van der Waals surface area contributed by atoms with Crippen LogP contribution in [0.5, 0.6) is 0 Å². The van der Waals surface area contributed by atoms with Crippen LogP contribution in [-0.4, -0.2) is 34.0 Å². The Morgan fingerprint density at radius 1 is 1.21 bits per heavy atom. The maximum Gasteiger partial charge on any atom is 0.286 e. The summed E-state index contributed by atoms with van der Waals surface area (Å²) in [5.74, 6) is -0.163. The molecule has 1 aromatic carbocycles. The maximum absolute atomic E-state index is 12.6. The number of pyridine rings is 1. The highest BCUT2D eigenvalue weighted by Crippen LogP contribution is 2.45. The summed E-state index contributed by atoms with van der Waals surface area (Å²) in [7, 11) is 0. The Hall–Kier alpha value is -2.15. The highest BCUT2D eigenvalue weighted by Gasteiger charge is 2.44. The quantitative estimate of drug-likeness (QED) is 0.624. The molecule has 2 aromatic rings. The van der Waals surface area contributed by atoms with E-state index in [1.807, 2.05) is 49.6 Å². The molecular formula is C22H20ClN3O2S. The number of benzene rings is 1. The standard InChI is InChI=1S/C22H20ClN3O2S/c1-14(15-2-4-17(23)5-3-15)19-20(27)25-21(29-19)26-10-7-22(8-11-26)18-12-24-9-6-16(18)13-28-22/h2-6,9,12H,7-8,10-11,13H2,1H3. The molecule has 1 spiro atoms. The minimum atomic E-state index is -0.244. The number of carbonyl (C=O) groups is 1. The number of fused-ring (bicyclic) bond motifs is 2. The Morgan fingerprint density at radius 2 is 1.97 bits per heavy atom. The number of nitrogens with zero attached hydrogens (tertiary/aromatic N) is 3. The van der Waals surface area contributed by atoms with Gasteiger partial charge in [-0.2, -0.15) is 4.99 Å². The van der Waals surface area contributed by atoms with E-state index in [2.05, 4.69) is 14.9 Å². The van der Waals surface area contributed by atoms with Crippen molar-refractivity contribution in [1.82, 2.24) is 9.88 Å². The van der Waals surface area contributed by atoms with Crippen LogP contribution < -0.4 is 0 Å². The van der Waals surface area contributed by atoms with E-state index in [0.717, 1.165) is 42.2 Å². The molecule has 0 radical (unpaired) electrons. The van der Waals surface area contributed by atoms with E-state index in [1.165, 1.54) is 22.9 Å².